The van der Waals surface area contributed by atoms with E-state index in [4.69, 9.17) is 0 Å². The van der Waals surface area contributed by atoms with Crippen LogP contribution in [-0.2, 0) is 13.5 Å². The van der Waals surface area contributed by atoms with Crippen molar-refractivity contribution in [2.24, 2.45) is 7.05 Å². The molecule has 0 bridgehead atoms. The van der Waals surface area contributed by atoms with Crippen molar-refractivity contribution in [2.75, 3.05) is 6.54 Å². The number of rotatable bonds is 4. The number of thiophene rings is 1. The maximum Gasteiger partial charge on any atom is 0.267 e. The lowest BCUT2D eigenvalue weighted by Crippen LogP contribution is -2.27. The van der Waals surface area contributed by atoms with Crippen LogP contribution in [-0.4, -0.2) is 17.0 Å². The molecule has 0 radical (unpaired) electrons. The van der Waals surface area contributed by atoms with Crippen molar-refractivity contribution in [3.05, 3.63) is 58.2 Å². The molecule has 0 fully saturated rings. The number of aromatic nitrogens is 1. The van der Waals surface area contributed by atoms with Gasteiger partial charge in [-0.25, -0.2) is 4.39 Å². The number of carbonyl (C=O) groups is 1. The van der Waals surface area contributed by atoms with E-state index in [-0.39, 0.29) is 11.7 Å². The number of amides is 1. The molecule has 1 N–H and O–H groups in total. The van der Waals surface area contributed by atoms with Crippen molar-refractivity contribution in [1.82, 2.24) is 9.88 Å². The summed E-state index contributed by atoms with van der Waals surface area (Å²) in [6, 6.07) is 10.4. The van der Waals surface area contributed by atoms with Gasteiger partial charge in [0.1, 0.15) is 11.5 Å². The maximum absolute atomic E-state index is 13.3. The number of benzene rings is 1. The topological polar surface area (TPSA) is 34.0 Å². The van der Waals surface area contributed by atoms with Crippen LogP contribution in [0.4, 0.5) is 4.39 Å². The molecule has 0 spiro atoms. The number of halogens is 1. The van der Waals surface area contributed by atoms with E-state index in [1.165, 1.54) is 17.0 Å². The molecule has 1 aromatic carbocycles. The van der Waals surface area contributed by atoms with Gasteiger partial charge in [0.25, 0.3) is 5.91 Å². The fourth-order valence-corrected chi connectivity index (χ4v) is 3.07. The molecule has 3 rings (SSSR count). The highest BCUT2D eigenvalue weighted by Gasteiger charge is 2.13. The Bertz CT molecular complexity index is 777. The summed E-state index contributed by atoms with van der Waals surface area (Å²) in [7, 11) is 1.77. The van der Waals surface area contributed by atoms with Crippen LogP contribution >= 0.6 is 11.3 Å². The minimum Gasteiger partial charge on any atom is -0.350 e. The van der Waals surface area contributed by atoms with Crippen LogP contribution in [0.25, 0.3) is 10.9 Å². The van der Waals surface area contributed by atoms with E-state index in [1.807, 2.05) is 11.4 Å². The smallest absolute Gasteiger partial charge is 0.267 e. The molecule has 0 saturated carbocycles. The lowest BCUT2D eigenvalue weighted by atomic mass is 10.2. The first-order valence-electron chi connectivity index (χ1n) is 6.71. The second kappa shape index (κ2) is 5.69. The van der Waals surface area contributed by atoms with Gasteiger partial charge in [0.05, 0.1) is 5.52 Å². The van der Waals surface area contributed by atoms with Crippen LogP contribution in [0.1, 0.15) is 15.4 Å². The van der Waals surface area contributed by atoms with Gasteiger partial charge in [-0.05, 0) is 42.1 Å². The fourth-order valence-electron chi connectivity index (χ4n) is 2.37. The van der Waals surface area contributed by atoms with E-state index in [1.54, 1.807) is 35.1 Å². The zero-order valence-corrected chi connectivity index (χ0v) is 12.4. The molecule has 0 aliphatic rings. The van der Waals surface area contributed by atoms with E-state index in [2.05, 4.69) is 11.4 Å². The normalized spacial score (nSPS) is 11.0. The molecule has 0 aliphatic carbocycles. The van der Waals surface area contributed by atoms with Gasteiger partial charge in [0, 0.05) is 23.9 Å². The Morgan fingerprint density at radius 1 is 1.33 bits per heavy atom. The molecule has 3 nitrogen and oxygen atoms in total. The van der Waals surface area contributed by atoms with Crippen LogP contribution in [0, 0.1) is 5.82 Å². The Balaban J connectivity index is 1.73. The Morgan fingerprint density at radius 3 is 2.95 bits per heavy atom. The van der Waals surface area contributed by atoms with Crippen molar-refractivity contribution in [3.8, 4) is 0 Å². The number of carbonyl (C=O) groups excluding carboxylic acids is 1. The van der Waals surface area contributed by atoms with Gasteiger partial charge < -0.3 is 9.88 Å². The summed E-state index contributed by atoms with van der Waals surface area (Å²) >= 11 is 1.68. The van der Waals surface area contributed by atoms with Crippen LogP contribution in [0.2, 0.25) is 0 Å². The van der Waals surface area contributed by atoms with Gasteiger partial charge in [0.2, 0.25) is 0 Å². The third kappa shape index (κ3) is 2.83. The van der Waals surface area contributed by atoms with Crippen LogP contribution in [0.15, 0.2) is 41.8 Å². The molecule has 0 atom stereocenters. The third-order valence-electron chi connectivity index (χ3n) is 3.48. The number of aryl methyl sites for hydroxylation is 1. The minimum atomic E-state index is -0.298. The summed E-state index contributed by atoms with van der Waals surface area (Å²) < 4.78 is 15.0. The lowest BCUT2D eigenvalue weighted by molar-refractivity contribution is 0.0946. The Hall–Kier alpha value is -2.14. The molecular weight excluding hydrogens is 287 g/mol. The van der Waals surface area contributed by atoms with Gasteiger partial charge >= 0.3 is 0 Å². The molecule has 0 saturated heterocycles. The number of nitrogens with zero attached hydrogens (tertiary/aromatic N) is 1. The summed E-state index contributed by atoms with van der Waals surface area (Å²) in [6.45, 7) is 0.592. The quantitative estimate of drug-likeness (QED) is 0.788. The van der Waals surface area contributed by atoms with Crippen molar-refractivity contribution < 1.29 is 9.18 Å². The Labute approximate surface area is 126 Å². The highest BCUT2D eigenvalue weighted by molar-refractivity contribution is 7.09. The first-order valence-corrected chi connectivity index (χ1v) is 7.58. The van der Waals surface area contributed by atoms with E-state index in [0.29, 0.717) is 12.2 Å². The maximum atomic E-state index is 13.3. The van der Waals surface area contributed by atoms with Gasteiger partial charge in [-0.3, -0.25) is 4.79 Å². The summed E-state index contributed by atoms with van der Waals surface area (Å²) in [5, 5.41) is 5.79. The van der Waals surface area contributed by atoms with Gasteiger partial charge in [0.15, 0.2) is 0 Å². The van der Waals surface area contributed by atoms with Gasteiger partial charge in [-0.2, -0.15) is 0 Å². The summed E-state index contributed by atoms with van der Waals surface area (Å²) in [6.07, 6.45) is 0.821. The molecule has 108 valence electrons. The van der Waals surface area contributed by atoms with Crippen molar-refractivity contribution >= 4 is 28.1 Å². The van der Waals surface area contributed by atoms with Crippen LogP contribution in [0.3, 0.4) is 0 Å². The first-order chi connectivity index (χ1) is 10.1. The summed E-state index contributed by atoms with van der Waals surface area (Å²) in [5.74, 6) is -0.431. The number of hydrogen-bond acceptors (Lipinski definition) is 2. The Kier molecular flexibility index (Phi) is 3.75. The lowest BCUT2D eigenvalue weighted by Gasteiger charge is -2.06. The van der Waals surface area contributed by atoms with E-state index in [9.17, 15) is 9.18 Å². The van der Waals surface area contributed by atoms with Crippen LogP contribution < -0.4 is 5.32 Å². The monoisotopic (exact) mass is 302 g/mol. The molecule has 0 aliphatic heterocycles. The minimum absolute atomic E-state index is 0.134. The molecule has 2 heterocycles. The Morgan fingerprint density at radius 2 is 2.19 bits per heavy atom. The third-order valence-corrected chi connectivity index (χ3v) is 4.41. The molecular formula is C16H15FN2OS. The predicted molar refractivity (Wildman–Crippen MR) is 83.2 cm³/mol. The molecule has 21 heavy (non-hydrogen) atoms. The largest absolute Gasteiger partial charge is 0.350 e. The second-order valence-corrected chi connectivity index (χ2v) is 5.91. The average Bonchev–Trinajstić information content (AvgIpc) is 3.08. The summed E-state index contributed by atoms with van der Waals surface area (Å²) in [4.78, 5) is 13.5. The van der Waals surface area contributed by atoms with Crippen molar-refractivity contribution in [2.45, 2.75) is 6.42 Å². The van der Waals surface area contributed by atoms with Gasteiger partial charge in [-0.15, -0.1) is 11.3 Å². The van der Waals surface area contributed by atoms with Crippen molar-refractivity contribution in [1.29, 1.82) is 0 Å². The predicted octanol–water partition coefficient (Wildman–Crippen LogP) is 3.35. The molecule has 0 unspecified atom stereocenters. The zero-order valence-electron chi connectivity index (χ0n) is 11.6. The average molecular weight is 302 g/mol. The van der Waals surface area contributed by atoms with Crippen LogP contribution in [0.5, 0.6) is 0 Å². The fraction of sp³-hybridized carbons (Fsp3) is 0.188. The number of hydrogen-bond donors (Lipinski definition) is 1. The number of fused-ring (bicyclic) bond motifs is 1. The van der Waals surface area contributed by atoms with Crippen molar-refractivity contribution in [3.63, 3.8) is 0 Å². The molecule has 2 aromatic heterocycles. The second-order valence-electron chi connectivity index (χ2n) is 4.88. The molecule has 5 heteroatoms. The highest BCUT2D eigenvalue weighted by atomic mass is 32.1. The summed E-state index contributed by atoms with van der Waals surface area (Å²) in [5.41, 5.74) is 1.26. The molecule has 1 amide bonds. The highest BCUT2D eigenvalue weighted by Crippen LogP contribution is 2.19. The number of nitrogens with one attached hydrogen (secondary N) is 1. The standard InChI is InChI=1S/C16H15FN2OS/c1-19-14-10-12(17)5-4-11(14)9-15(19)16(20)18-7-6-13-3-2-8-21-13/h2-5,8-10H,6-7H2,1H3,(H,18,20). The van der Waals surface area contributed by atoms with Gasteiger partial charge in [-0.1, -0.05) is 6.07 Å². The van der Waals surface area contributed by atoms with E-state index >= 15 is 0 Å². The first kappa shape index (κ1) is 13.8. The van der Waals surface area contributed by atoms with E-state index < -0.39 is 0 Å². The van der Waals surface area contributed by atoms with E-state index in [0.717, 1.165) is 17.3 Å². The zero-order chi connectivity index (χ0) is 14.8. The SMILES string of the molecule is Cn1c(C(=O)NCCc2cccs2)cc2ccc(F)cc21. The molecule has 3 aromatic rings.